The predicted octanol–water partition coefficient (Wildman–Crippen LogP) is 2.01. The molecule has 0 saturated heterocycles. The summed E-state index contributed by atoms with van der Waals surface area (Å²) in [6.45, 7) is 9.93. The summed E-state index contributed by atoms with van der Waals surface area (Å²) >= 11 is 3.52. The molecule has 1 rings (SSSR count). The molecule has 98 valence electrons. The van der Waals surface area contributed by atoms with Crippen molar-refractivity contribution in [3.63, 3.8) is 0 Å². The molecule has 0 aromatic carbocycles. The maximum Gasteiger partial charge on any atom is 0.0738 e. The Balaban J connectivity index is 2.69. The summed E-state index contributed by atoms with van der Waals surface area (Å²) in [5, 5.41) is 17.2. The van der Waals surface area contributed by atoms with Crippen molar-refractivity contribution in [2.24, 2.45) is 0 Å². The van der Waals surface area contributed by atoms with Crippen LogP contribution in [-0.2, 0) is 6.54 Å². The number of nitrogens with one attached hydrogen (secondary N) is 1. The second-order valence-corrected chi connectivity index (χ2v) is 5.50. The molecule has 1 heterocycles. The summed E-state index contributed by atoms with van der Waals surface area (Å²) in [4.78, 5) is 0. The fraction of sp³-hybridized carbons (Fsp3) is 0.750. The molecule has 1 aromatic heterocycles. The first-order chi connectivity index (χ1) is 7.93. The van der Waals surface area contributed by atoms with Gasteiger partial charge in [-0.25, -0.2) is 0 Å². The number of aryl methyl sites for hydroxylation is 2. The van der Waals surface area contributed by atoms with E-state index in [0.29, 0.717) is 0 Å². The van der Waals surface area contributed by atoms with Crippen molar-refractivity contribution in [2.45, 2.75) is 46.2 Å². The third-order valence-corrected chi connectivity index (χ3v) is 4.27. The number of aliphatic hydroxyl groups excluding tert-OH is 1. The molecule has 0 radical (unpaired) electrons. The van der Waals surface area contributed by atoms with Crippen molar-refractivity contribution in [1.82, 2.24) is 15.1 Å². The maximum atomic E-state index is 9.42. The summed E-state index contributed by atoms with van der Waals surface area (Å²) in [6.07, 6.45) is 0.853. The van der Waals surface area contributed by atoms with Gasteiger partial charge in [-0.2, -0.15) is 5.10 Å². The predicted molar refractivity (Wildman–Crippen MR) is 73.2 cm³/mol. The molecule has 0 amide bonds. The van der Waals surface area contributed by atoms with Gasteiger partial charge in [0.05, 0.1) is 16.8 Å². The lowest BCUT2D eigenvalue weighted by Gasteiger charge is -2.28. The van der Waals surface area contributed by atoms with E-state index in [4.69, 9.17) is 0 Å². The second-order valence-electron chi connectivity index (χ2n) is 4.71. The number of halogens is 1. The highest BCUT2D eigenvalue weighted by atomic mass is 79.9. The fourth-order valence-electron chi connectivity index (χ4n) is 1.90. The standard InChI is InChI=1S/C12H22BrN3O/c1-5-14-12(4,8-17)6-7-16-10(3)11(13)9(2)15-16/h14,17H,5-8H2,1-4H3. The molecule has 5 heteroatoms. The van der Waals surface area contributed by atoms with Gasteiger partial charge in [-0.15, -0.1) is 0 Å². The first-order valence-corrected chi connectivity index (χ1v) is 6.78. The van der Waals surface area contributed by atoms with Crippen LogP contribution in [0.3, 0.4) is 0 Å². The zero-order valence-electron chi connectivity index (χ0n) is 11.0. The van der Waals surface area contributed by atoms with Gasteiger partial charge >= 0.3 is 0 Å². The van der Waals surface area contributed by atoms with E-state index in [0.717, 1.165) is 35.4 Å². The van der Waals surface area contributed by atoms with Gasteiger partial charge in [0.25, 0.3) is 0 Å². The largest absolute Gasteiger partial charge is 0.394 e. The monoisotopic (exact) mass is 303 g/mol. The number of likely N-dealkylation sites (N-methyl/N-ethyl adjacent to an activating group) is 1. The van der Waals surface area contributed by atoms with Gasteiger partial charge in [-0.05, 0) is 49.7 Å². The third kappa shape index (κ3) is 3.53. The SMILES string of the molecule is CCNC(C)(CO)CCn1nc(C)c(Br)c1C. The van der Waals surface area contributed by atoms with Gasteiger partial charge in [0, 0.05) is 17.8 Å². The molecule has 0 bridgehead atoms. The van der Waals surface area contributed by atoms with E-state index in [-0.39, 0.29) is 12.1 Å². The first kappa shape index (κ1) is 14.7. The van der Waals surface area contributed by atoms with Gasteiger partial charge < -0.3 is 10.4 Å². The van der Waals surface area contributed by atoms with Gasteiger partial charge in [0.1, 0.15) is 0 Å². The van der Waals surface area contributed by atoms with Crippen LogP contribution in [-0.4, -0.2) is 33.6 Å². The zero-order chi connectivity index (χ0) is 13.1. The molecule has 1 atom stereocenters. The normalized spacial score (nSPS) is 14.9. The molecule has 0 aliphatic rings. The van der Waals surface area contributed by atoms with Gasteiger partial charge in [0.15, 0.2) is 0 Å². The van der Waals surface area contributed by atoms with Crippen LogP contribution in [0, 0.1) is 13.8 Å². The number of hydrogen-bond donors (Lipinski definition) is 2. The summed E-state index contributed by atoms with van der Waals surface area (Å²) in [5.74, 6) is 0. The fourth-order valence-corrected chi connectivity index (χ4v) is 2.18. The van der Waals surface area contributed by atoms with E-state index in [9.17, 15) is 5.11 Å². The minimum Gasteiger partial charge on any atom is -0.394 e. The van der Waals surface area contributed by atoms with Crippen LogP contribution in [0.2, 0.25) is 0 Å². The van der Waals surface area contributed by atoms with Crippen LogP contribution in [0.5, 0.6) is 0 Å². The van der Waals surface area contributed by atoms with Gasteiger partial charge in [-0.1, -0.05) is 6.92 Å². The number of rotatable bonds is 6. The van der Waals surface area contributed by atoms with E-state index in [1.807, 2.05) is 32.4 Å². The Morgan fingerprint density at radius 3 is 2.53 bits per heavy atom. The van der Waals surface area contributed by atoms with Crippen LogP contribution in [0.4, 0.5) is 0 Å². The first-order valence-electron chi connectivity index (χ1n) is 5.99. The second kappa shape index (κ2) is 5.98. The minimum atomic E-state index is -0.229. The number of nitrogens with zero attached hydrogens (tertiary/aromatic N) is 2. The lowest BCUT2D eigenvalue weighted by atomic mass is 9.99. The van der Waals surface area contributed by atoms with Crippen molar-refractivity contribution in [2.75, 3.05) is 13.2 Å². The summed E-state index contributed by atoms with van der Waals surface area (Å²) in [7, 11) is 0. The Labute approximate surface area is 112 Å². The summed E-state index contributed by atoms with van der Waals surface area (Å²) in [5.41, 5.74) is 1.92. The Kier molecular flexibility index (Phi) is 5.16. The molecule has 4 nitrogen and oxygen atoms in total. The molecule has 17 heavy (non-hydrogen) atoms. The van der Waals surface area contributed by atoms with Crippen molar-refractivity contribution >= 4 is 15.9 Å². The van der Waals surface area contributed by atoms with Crippen molar-refractivity contribution < 1.29 is 5.11 Å². The molecule has 0 fully saturated rings. The Hall–Kier alpha value is -0.390. The molecule has 2 N–H and O–H groups in total. The van der Waals surface area contributed by atoms with Crippen molar-refractivity contribution in [1.29, 1.82) is 0 Å². The summed E-state index contributed by atoms with van der Waals surface area (Å²) in [6, 6.07) is 0. The smallest absolute Gasteiger partial charge is 0.0738 e. The van der Waals surface area contributed by atoms with E-state index in [1.54, 1.807) is 0 Å². The Morgan fingerprint density at radius 2 is 2.12 bits per heavy atom. The van der Waals surface area contributed by atoms with Crippen LogP contribution in [0.15, 0.2) is 4.47 Å². The van der Waals surface area contributed by atoms with Gasteiger partial charge in [-0.3, -0.25) is 4.68 Å². The number of hydrogen-bond acceptors (Lipinski definition) is 3. The molecular formula is C12H22BrN3O. The lowest BCUT2D eigenvalue weighted by molar-refractivity contribution is 0.161. The molecule has 0 saturated carbocycles. The van der Waals surface area contributed by atoms with Crippen LogP contribution in [0.1, 0.15) is 31.7 Å². The highest BCUT2D eigenvalue weighted by Crippen LogP contribution is 2.21. The van der Waals surface area contributed by atoms with E-state index in [1.165, 1.54) is 0 Å². The van der Waals surface area contributed by atoms with Crippen molar-refractivity contribution in [3.05, 3.63) is 15.9 Å². The highest BCUT2D eigenvalue weighted by Gasteiger charge is 2.22. The molecule has 0 aliphatic carbocycles. The van der Waals surface area contributed by atoms with Gasteiger partial charge in [0.2, 0.25) is 0 Å². The average Bonchev–Trinajstić information content (AvgIpc) is 2.55. The molecule has 1 unspecified atom stereocenters. The van der Waals surface area contributed by atoms with Crippen molar-refractivity contribution in [3.8, 4) is 0 Å². The Morgan fingerprint density at radius 1 is 1.47 bits per heavy atom. The lowest BCUT2D eigenvalue weighted by Crippen LogP contribution is -2.46. The Bertz CT molecular complexity index is 378. The number of aromatic nitrogens is 2. The van der Waals surface area contributed by atoms with E-state index >= 15 is 0 Å². The minimum absolute atomic E-state index is 0.140. The quantitative estimate of drug-likeness (QED) is 0.845. The topological polar surface area (TPSA) is 50.1 Å². The van der Waals surface area contributed by atoms with E-state index in [2.05, 4.69) is 26.3 Å². The molecular weight excluding hydrogens is 282 g/mol. The maximum absolute atomic E-state index is 9.42. The highest BCUT2D eigenvalue weighted by molar-refractivity contribution is 9.10. The average molecular weight is 304 g/mol. The van der Waals surface area contributed by atoms with Crippen LogP contribution < -0.4 is 5.32 Å². The third-order valence-electron chi connectivity index (χ3n) is 3.12. The molecule has 0 spiro atoms. The van der Waals surface area contributed by atoms with Crippen LogP contribution in [0.25, 0.3) is 0 Å². The van der Waals surface area contributed by atoms with E-state index < -0.39 is 0 Å². The van der Waals surface area contributed by atoms with Crippen LogP contribution >= 0.6 is 15.9 Å². The summed E-state index contributed by atoms with van der Waals surface area (Å²) < 4.78 is 3.07. The molecule has 1 aromatic rings. The number of aliphatic hydroxyl groups is 1. The molecule has 0 aliphatic heterocycles. The zero-order valence-corrected chi connectivity index (χ0v) is 12.6.